The molecule has 0 aromatic heterocycles. The average molecular weight is 557 g/mol. The molecule has 1 saturated heterocycles. The lowest BCUT2D eigenvalue weighted by atomic mass is 9.99. The van der Waals surface area contributed by atoms with Crippen LogP contribution in [0.25, 0.3) is 10.8 Å². The molecular weight excluding hydrogens is 520 g/mol. The Labute approximate surface area is 239 Å². The Morgan fingerprint density at radius 1 is 0.976 bits per heavy atom. The summed E-state index contributed by atoms with van der Waals surface area (Å²) in [4.78, 5) is 51.9. The molecule has 41 heavy (non-hydrogen) atoms. The van der Waals surface area contributed by atoms with Crippen LogP contribution in [0, 0.1) is 5.92 Å². The molecule has 0 spiro atoms. The van der Waals surface area contributed by atoms with Crippen LogP contribution in [0.1, 0.15) is 67.4 Å². The van der Waals surface area contributed by atoms with E-state index >= 15 is 0 Å². The molecule has 0 saturated carbocycles. The zero-order valence-corrected chi connectivity index (χ0v) is 23.5. The first-order valence-electron chi connectivity index (χ1n) is 14.4. The van der Waals surface area contributed by atoms with E-state index in [9.17, 15) is 19.2 Å². The minimum atomic E-state index is -0.845. The van der Waals surface area contributed by atoms with Crippen LogP contribution in [0.3, 0.4) is 0 Å². The summed E-state index contributed by atoms with van der Waals surface area (Å²) < 4.78 is 4.48. The van der Waals surface area contributed by atoms with E-state index in [-0.39, 0.29) is 29.5 Å². The number of Topliss-reactive ketones (excluding diaryl/α,β-unsaturated/α-hetero) is 1. The van der Waals surface area contributed by atoms with Gasteiger partial charge in [-0.1, -0.05) is 68.4 Å². The third kappa shape index (κ3) is 5.75. The number of hydrogen-bond donors (Lipinski definition) is 2. The summed E-state index contributed by atoms with van der Waals surface area (Å²) in [6.07, 6.45) is 3.27. The number of para-hydroxylation sites is 1. The van der Waals surface area contributed by atoms with Gasteiger partial charge in [0.25, 0.3) is 5.91 Å². The SMILES string of the molecule is CCC1CC(=O)OC1O.CCCC(=O)C1Cc2cccc3c2N1C(=O)C(NC(=O)c1cccc2ccccc12)CC3. The molecule has 3 aromatic rings. The Balaban J connectivity index is 0.000000321. The number of nitrogens with one attached hydrogen (secondary N) is 1. The lowest BCUT2D eigenvalue weighted by molar-refractivity contribution is -0.156. The number of nitrogens with zero attached hydrogens (tertiary/aromatic N) is 1. The Kier molecular flexibility index (Phi) is 8.49. The van der Waals surface area contributed by atoms with Crippen molar-refractivity contribution in [3.05, 3.63) is 77.4 Å². The second-order valence-corrected chi connectivity index (χ2v) is 10.9. The van der Waals surface area contributed by atoms with Crippen LogP contribution in [0.2, 0.25) is 0 Å². The van der Waals surface area contributed by atoms with E-state index < -0.39 is 18.4 Å². The zero-order valence-electron chi connectivity index (χ0n) is 23.5. The van der Waals surface area contributed by atoms with Crippen LogP contribution in [0.5, 0.6) is 0 Å². The molecular formula is C33H36N2O6. The summed E-state index contributed by atoms with van der Waals surface area (Å²) in [5.74, 6) is -0.616. The van der Waals surface area contributed by atoms with Gasteiger partial charge in [0, 0.05) is 24.3 Å². The fraction of sp³-hybridized carbons (Fsp3) is 0.394. The highest BCUT2D eigenvalue weighted by Crippen LogP contribution is 2.39. The van der Waals surface area contributed by atoms with Crippen molar-refractivity contribution in [2.24, 2.45) is 5.92 Å². The number of carbonyl (C=O) groups is 4. The number of cyclic esters (lactones) is 1. The summed E-state index contributed by atoms with van der Waals surface area (Å²) in [6, 6.07) is 18.2. The molecule has 8 nitrogen and oxygen atoms in total. The zero-order chi connectivity index (χ0) is 29.1. The van der Waals surface area contributed by atoms with Crippen molar-refractivity contribution in [2.75, 3.05) is 4.90 Å². The number of ketones is 1. The molecule has 3 aliphatic heterocycles. The van der Waals surface area contributed by atoms with Crippen LogP contribution in [-0.4, -0.2) is 47.0 Å². The number of esters is 1. The normalized spacial score (nSPS) is 22.9. The fourth-order valence-corrected chi connectivity index (χ4v) is 6.03. The van der Waals surface area contributed by atoms with Crippen molar-refractivity contribution in [1.29, 1.82) is 0 Å². The number of aryl methyl sites for hydroxylation is 1. The monoisotopic (exact) mass is 556 g/mol. The minimum Gasteiger partial charge on any atom is -0.436 e. The van der Waals surface area contributed by atoms with Crippen molar-refractivity contribution in [3.8, 4) is 0 Å². The highest BCUT2D eigenvalue weighted by molar-refractivity contribution is 6.11. The van der Waals surface area contributed by atoms with Crippen LogP contribution in [0.15, 0.2) is 60.7 Å². The summed E-state index contributed by atoms with van der Waals surface area (Å²) in [6.45, 7) is 3.90. The van der Waals surface area contributed by atoms with Gasteiger partial charge in [-0.05, 0) is 53.6 Å². The Hall–Kier alpha value is -4.04. The van der Waals surface area contributed by atoms with E-state index in [1.165, 1.54) is 0 Å². The Bertz CT molecular complexity index is 1480. The van der Waals surface area contributed by atoms with Gasteiger partial charge in [-0.25, -0.2) is 0 Å². The van der Waals surface area contributed by atoms with Crippen LogP contribution in [0.4, 0.5) is 5.69 Å². The lowest BCUT2D eigenvalue weighted by Crippen LogP contribution is -2.52. The summed E-state index contributed by atoms with van der Waals surface area (Å²) in [5.41, 5.74) is 3.56. The van der Waals surface area contributed by atoms with Gasteiger partial charge < -0.3 is 15.2 Å². The third-order valence-electron chi connectivity index (χ3n) is 8.22. The predicted molar refractivity (Wildman–Crippen MR) is 155 cm³/mol. The van der Waals surface area contributed by atoms with Crippen molar-refractivity contribution in [1.82, 2.24) is 5.32 Å². The predicted octanol–water partition coefficient (Wildman–Crippen LogP) is 4.49. The van der Waals surface area contributed by atoms with Crippen LogP contribution >= 0.6 is 0 Å². The van der Waals surface area contributed by atoms with Gasteiger partial charge in [-0.3, -0.25) is 24.1 Å². The quantitative estimate of drug-likeness (QED) is 0.433. The summed E-state index contributed by atoms with van der Waals surface area (Å²) in [7, 11) is 0. The number of carbonyl (C=O) groups excluding carboxylic acids is 4. The Morgan fingerprint density at radius 3 is 2.41 bits per heavy atom. The number of anilines is 1. The minimum absolute atomic E-state index is 0.0255. The van der Waals surface area contributed by atoms with Crippen LogP contribution in [-0.2, 0) is 32.0 Å². The molecule has 214 valence electrons. The first kappa shape index (κ1) is 28.5. The first-order valence-corrected chi connectivity index (χ1v) is 14.4. The maximum Gasteiger partial charge on any atom is 0.308 e. The number of aliphatic hydroxyl groups is 1. The number of benzene rings is 3. The van der Waals surface area contributed by atoms with Crippen molar-refractivity contribution in [2.45, 2.75) is 77.2 Å². The molecule has 3 aromatic carbocycles. The van der Waals surface area contributed by atoms with E-state index in [2.05, 4.69) is 10.1 Å². The number of amides is 2. The number of aliphatic hydroxyl groups excluding tert-OH is 1. The molecule has 0 radical (unpaired) electrons. The number of fused-ring (bicyclic) bond motifs is 1. The molecule has 4 atom stereocenters. The molecule has 6 rings (SSSR count). The maximum absolute atomic E-state index is 13.7. The van der Waals surface area contributed by atoms with Crippen LogP contribution < -0.4 is 10.2 Å². The molecule has 0 aliphatic carbocycles. The van der Waals surface area contributed by atoms with Crippen molar-refractivity contribution < 1.29 is 29.0 Å². The smallest absolute Gasteiger partial charge is 0.308 e. The maximum atomic E-state index is 13.7. The third-order valence-corrected chi connectivity index (χ3v) is 8.22. The van der Waals surface area contributed by atoms with Gasteiger partial charge >= 0.3 is 5.97 Å². The number of hydrogen-bond acceptors (Lipinski definition) is 6. The summed E-state index contributed by atoms with van der Waals surface area (Å²) >= 11 is 0. The van der Waals surface area contributed by atoms with Gasteiger partial charge in [0.2, 0.25) is 12.2 Å². The molecule has 4 unspecified atom stereocenters. The first-order chi connectivity index (χ1) is 19.8. The largest absolute Gasteiger partial charge is 0.436 e. The van der Waals surface area contributed by atoms with E-state index in [0.29, 0.717) is 37.7 Å². The second kappa shape index (κ2) is 12.2. The van der Waals surface area contributed by atoms with E-state index in [1.807, 2.05) is 68.4 Å². The number of rotatable bonds is 6. The standard InChI is InChI=1S/C27H26N2O3.C6H10O3/c1-2-7-24(30)23-16-19-11-5-10-18-14-15-22(27(32)29(23)25(18)19)28-26(31)21-13-6-9-17-8-3-4-12-20(17)21;1-2-4-3-5(7)9-6(4)8/h3-6,8-13,22-23H,2,7,14-16H2,1H3,(H,28,31);4,6,8H,2-3H2,1H3. The highest BCUT2D eigenvalue weighted by atomic mass is 16.6. The molecule has 2 amide bonds. The van der Waals surface area contributed by atoms with Gasteiger partial charge in [0.05, 0.1) is 18.2 Å². The molecule has 2 N–H and O–H groups in total. The number of ether oxygens (including phenoxy) is 1. The lowest BCUT2D eigenvalue weighted by Gasteiger charge is -2.28. The topological polar surface area (TPSA) is 113 Å². The van der Waals surface area contributed by atoms with Crippen molar-refractivity contribution in [3.63, 3.8) is 0 Å². The fourth-order valence-electron chi connectivity index (χ4n) is 6.03. The molecule has 8 heteroatoms. The van der Waals surface area contributed by atoms with Gasteiger partial charge in [0.15, 0.2) is 5.78 Å². The molecule has 3 aliphatic rings. The van der Waals surface area contributed by atoms with Crippen molar-refractivity contribution >= 4 is 40.0 Å². The Morgan fingerprint density at radius 2 is 1.71 bits per heavy atom. The van der Waals surface area contributed by atoms with Gasteiger partial charge in [-0.2, -0.15) is 0 Å². The molecule has 1 fully saturated rings. The van der Waals surface area contributed by atoms with Gasteiger partial charge in [-0.15, -0.1) is 0 Å². The van der Waals surface area contributed by atoms with Gasteiger partial charge in [0.1, 0.15) is 6.04 Å². The van der Waals surface area contributed by atoms with E-state index in [0.717, 1.165) is 40.4 Å². The van der Waals surface area contributed by atoms with E-state index in [1.54, 1.807) is 11.0 Å². The average Bonchev–Trinajstić information content (AvgIpc) is 3.49. The second-order valence-electron chi connectivity index (χ2n) is 10.9. The molecule has 0 bridgehead atoms. The summed E-state index contributed by atoms with van der Waals surface area (Å²) in [5, 5.41) is 13.7. The van der Waals surface area contributed by atoms with E-state index in [4.69, 9.17) is 5.11 Å². The highest BCUT2D eigenvalue weighted by Gasteiger charge is 2.43. The molecule has 3 heterocycles.